The van der Waals surface area contributed by atoms with E-state index in [4.69, 9.17) is 12.2 Å². The first-order valence-electron chi connectivity index (χ1n) is 6.75. The standard InChI is InChI=1S/C16H11N3OS2/c1-9-6-7-12-13(8-9)22-16(18-12)19-14(20)10-4-2-3-5-11(10)17-15(19)21/h2-8H,1H3,(H,17,21). The summed E-state index contributed by atoms with van der Waals surface area (Å²) in [5, 5.41) is 1.20. The van der Waals surface area contributed by atoms with Crippen molar-refractivity contribution >= 4 is 44.7 Å². The van der Waals surface area contributed by atoms with Gasteiger partial charge in [-0.3, -0.25) is 4.79 Å². The Kier molecular flexibility index (Phi) is 2.95. The van der Waals surface area contributed by atoms with E-state index in [-0.39, 0.29) is 5.56 Å². The number of fused-ring (bicyclic) bond motifs is 2. The minimum atomic E-state index is -0.143. The molecule has 0 aliphatic heterocycles. The van der Waals surface area contributed by atoms with Gasteiger partial charge >= 0.3 is 0 Å². The van der Waals surface area contributed by atoms with Crippen LogP contribution in [0.5, 0.6) is 0 Å². The lowest BCUT2D eigenvalue weighted by Crippen LogP contribution is -2.20. The number of aromatic amines is 1. The summed E-state index contributed by atoms with van der Waals surface area (Å²) in [4.78, 5) is 20.4. The molecule has 6 heteroatoms. The van der Waals surface area contributed by atoms with Crippen molar-refractivity contribution in [3.63, 3.8) is 0 Å². The first-order valence-corrected chi connectivity index (χ1v) is 7.97. The predicted octanol–water partition coefficient (Wildman–Crippen LogP) is 3.97. The molecule has 0 saturated heterocycles. The van der Waals surface area contributed by atoms with Crippen LogP contribution in [0.3, 0.4) is 0 Å². The van der Waals surface area contributed by atoms with Crippen LogP contribution in [0.1, 0.15) is 5.56 Å². The lowest BCUT2D eigenvalue weighted by atomic mass is 10.2. The number of hydrogen-bond donors (Lipinski definition) is 1. The summed E-state index contributed by atoms with van der Waals surface area (Å²) in [6.07, 6.45) is 0. The second-order valence-electron chi connectivity index (χ2n) is 5.08. The van der Waals surface area contributed by atoms with Crippen LogP contribution in [0.4, 0.5) is 0 Å². The maximum atomic E-state index is 12.7. The molecule has 0 spiro atoms. The molecule has 4 aromatic rings. The van der Waals surface area contributed by atoms with E-state index in [1.165, 1.54) is 21.5 Å². The first-order chi connectivity index (χ1) is 10.6. The Labute approximate surface area is 134 Å². The highest BCUT2D eigenvalue weighted by Crippen LogP contribution is 2.25. The Morgan fingerprint density at radius 2 is 2.05 bits per heavy atom. The molecule has 1 N–H and O–H groups in total. The van der Waals surface area contributed by atoms with Gasteiger partial charge in [-0.05, 0) is 49.0 Å². The van der Waals surface area contributed by atoms with Crippen LogP contribution in [0.25, 0.3) is 26.3 Å². The molecule has 0 bridgehead atoms. The van der Waals surface area contributed by atoms with Gasteiger partial charge in [-0.15, -0.1) is 0 Å². The van der Waals surface area contributed by atoms with Crippen LogP contribution in [0.15, 0.2) is 47.3 Å². The molecule has 0 aliphatic carbocycles. The summed E-state index contributed by atoms with van der Waals surface area (Å²) in [6, 6.07) is 13.4. The third-order valence-electron chi connectivity index (χ3n) is 3.53. The molecule has 2 aromatic heterocycles. The Hall–Kier alpha value is -2.31. The second-order valence-corrected chi connectivity index (χ2v) is 6.48. The average Bonchev–Trinajstić information content (AvgIpc) is 2.89. The van der Waals surface area contributed by atoms with E-state index in [1.807, 2.05) is 37.3 Å². The number of nitrogens with one attached hydrogen (secondary N) is 1. The molecule has 0 fully saturated rings. The normalized spacial score (nSPS) is 11.3. The Morgan fingerprint density at radius 1 is 1.23 bits per heavy atom. The van der Waals surface area contributed by atoms with E-state index in [2.05, 4.69) is 16.0 Å². The van der Waals surface area contributed by atoms with E-state index in [0.717, 1.165) is 15.7 Å². The predicted molar refractivity (Wildman–Crippen MR) is 92.6 cm³/mol. The molecule has 0 saturated carbocycles. The number of para-hydroxylation sites is 1. The van der Waals surface area contributed by atoms with Crippen molar-refractivity contribution in [2.75, 3.05) is 0 Å². The molecule has 4 nitrogen and oxygen atoms in total. The Morgan fingerprint density at radius 3 is 2.91 bits per heavy atom. The number of H-pyrrole nitrogens is 1. The Balaban J connectivity index is 2.07. The van der Waals surface area contributed by atoms with Gasteiger partial charge in [0.15, 0.2) is 9.90 Å². The van der Waals surface area contributed by atoms with E-state index >= 15 is 0 Å². The Bertz CT molecular complexity index is 1140. The molecule has 0 unspecified atom stereocenters. The van der Waals surface area contributed by atoms with Gasteiger partial charge in [-0.1, -0.05) is 29.5 Å². The highest BCUT2D eigenvalue weighted by molar-refractivity contribution is 7.71. The van der Waals surface area contributed by atoms with Crippen LogP contribution < -0.4 is 5.56 Å². The molecule has 2 aromatic carbocycles. The third kappa shape index (κ3) is 2.00. The molecule has 2 heterocycles. The number of nitrogens with zero attached hydrogens (tertiary/aromatic N) is 2. The summed E-state index contributed by atoms with van der Waals surface area (Å²) in [5.74, 6) is 0. The summed E-state index contributed by atoms with van der Waals surface area (Å²) in [5.41, 5.74) is 2.64. The molecule has 0 radical (unpaired) electrons. The summed E-state index contributed by atoms with van der Waals surface area (Å²) >= 11 is 6.82. The number of aryl methyl sites for hydroxylation is 1. The van der Waals surface area contributed by atoms with Crippen LogP contribution in [0, 0.1) is 11.7 Å². The smallest absolute Gasteiger partial charge is 0.268 e. The van der Waals surface area contributed by atoms with Gasteiger partial charge in [0.25, 0.3) is 5.56 Å². The number of rotatable bonds is 1. The molecule has 0 atom stereocenters. The van der Waals surface area contributed by atoms with E-state index in [0.29, 0.717) is 15.3 Å². The van der Waals surface area contributed by atoms with Crippen molar-refractivity contribution in [1.29, 1.82) is 0 Å². The molecule has 4 rings (SSSR count). The van der Waals surface area contributed by atoms with Gasteiger partial charge in [0, 0.05) is 0 Å². The van der Waals surface area contributed by atoms with Crippen LogP contribution in [0.2, 0.25) is 0 Å². The number of thiazole rings is 1. The quantitative estimate of drug-likeness (QED) is 0.539. The lowest BCUT2D eigenvalue weighted by Gasteiger charge is -2.04. The van der Waals surface area contributed by atoms with Gasteiger partial charge in [-0.25, -0.2) is 9.55 Å². The fraction of sp³-hybridized carbons (Fsp3) is 0.0625. The maximum absolute atomic E-state index is 12.7. The molecular formula is C16H11N3OS2. The average molecular weight is 325 g/mol. The van der Waals surface area contributed by atoms with Crippen molar-refractivity contribution in [1.82, 2.24) is 14.5 Å². The zero-order valence-electron chi connectivity index (χ0n) is 11.7. The van der Waals surface area contributed by atoms with Gasteiger partial charge in [0.2, 0.25) is 0 Å². The van der Waals surface area contributed by atoms with E-state index in [9.17, 15) is 4.79 Å². The highest BCUT2D eigenvalue weighted by atomic mass is 32.1. The fourth-order valence-corrected chi connectivity index (χ4v) is 3.86. The minimum absolute atomic E-state index is 0.143. The zero-order chi connectivity index (χ0) is 15.3. The third-order valence-corrected chi connectivity index (χ3v) is 4.82. The van der Waals surface area contributed by atoms with Crippen LogP contribution >= 0.6 is 23.6 Å². The molecule has 0 aliphatic rings. The lowest BCUT2D eigenvalue weighted by molar-refractivity contribution is 0.931. The monoisotopic (exact) mass is 325 g/mol. The minimum Gasteiger partial charge on any atom is -0.331 e. The molecular weight excluding hydrogens is 314 g/mol. The number of hydrogen-bond acceptors (Lipinski definition) is 4. The molecule has 22 heavy (non-hydrogen) atoms. The molecule has 0 amide bonds. The summed E-state index contributed by atoms with van der Waals surface area (Å²) in [6.45, 7) is 2.04. The van der Waals surface area contributed by atoms with Gasteiger partial charge in [0.1, 0.15) is 0 Å². The highest BCUT2D eigenvalue weighted by Gasteiger charge is 2.11. The number of benzene rings is 2. The van der Waals surface area contributed by atoms with E-state index < -0.39 is 0 Å². The van der Waals surface area contributed by atoms with Gasteiger partial charge < -0.3 is 4.98 Å². The summed E-state index contributed by atoms with van der Waals surface area (Å²) < 4.78 is 2.88. The van der Waals surface area contributed by atoms with Crippen LogP contribution in [-0.2, 0) is 0 Å². The van der Waals surface area contributed by atoms with Gasteiger partial charge in [0.05, 0.1) is 21.1 Å². The maximum Gasteiger partial charge on any atom is 0.268 e. The van der Waals surface area contributed by atoms with Crippen molar-refractivity contribution in [3.8, 4) is 5.13 Å². The van der Waals surface area contributed by atoms with Gasteiger partial charge in [-0.2, -0.15) is 0 Å². The van der Waals surface area contributed by atoms with Crippen LogP contribution in [-0.4, -0.2) is 14.5 Å². The topological polar surface area (TPSA) is 50.7 Å². The molecule has 108 valence electrons. The van der Waals surface area contributed by atoms with Crippen molar-refractivity contribution in [2.45, 2.75) is 6.92 Å². The van der Waals surface area contributed by atoms with Crippen molar-refractivity contribution in [3.05, 3.63) is 63.2 Å². The largest absolute Gasteiger partial charge is 0.331 e. The van der Waals surface area contributed by atoms with E-state index in [1.54, 1.807) is 6.07 Å². The van der Waals surface area contributed by atoms with Crippen molar-refractivity contribution < 1.29 is 0 Å². The zero-order valence-corrected chi connectivity index (χ0v) is 13.3. The van der Waals surface area contributed by atoms with Crippen molar-refractivity contribution in [2.24, 2.45) is 0 Å². The SMILES string of the molecule is Cc1ccc2nc(-n3c(=S)[nH]c4ccccc4c3=O)sc2c1. The fourth-order valence-electron chi connectivity index (χ4n) is 2.45. The summed E-state index contributed by atoms with van der Waals surface area (Å²) in [7, 11) is 0. The number of aromatic nitrogens is 3. The first kappa shape index (κ1) is 13.4. The second kappa shape index (κ2) is 4.86.